The summed E-state index contributed by atoms with van der Waals surface area (Å²) in [5.74, 6) is 1.82. The standard InChI is InChI=1S/C13H16BrN3O/c14-10-2-3-12(15-7-10)17-6-5-11-9(8-17)1-4-13(18)16-11/h2-3,7,9,11H,1,4-6,8H2,(H,16,18). The summed E-state index contributed by atoms with van der Waals surface area (Å²) in [6.45, 7) is 1.97. The number of fused-ring (bicyclic) bond motifs is 1. The highest BCUT2D eigenvalue weighted by molar-refractivity contribution is 9.10. The number of amides is 1. The molecule has 0 saturated carbocycles. The van der Waals surface area contributed by atoms with E-state index in [9.17, 15) is 4.79 Å². The third kappa shape index (κ3) is 2.36. The van der Waals surface area contributed by atoms with Crippen molar-refractivity contribution in [3.8, 4) is 0 Å². The molecule has 0 bridgehead atoms. The lowest BCUT2D eigenvalue weighted by Gasteiger charge is -2.41. The summed E-state index contributed by atoms with van der Waals surface area (Å²) < 4.78 is 1.01. The number of aromatic nitrogens is 1. The molecule has 0 spiro atoms. The Kier molecular flexibility index (Phi) is 3.24. The van der Waals surface area contributed by atoms with Gasteiger partial charge in [0.15, 0.2) is 0 Å². The highest BCUT2D eigenvalue weighted by Gasteiger charge is 2.33. The second kappa shape index (κ2) is 4.88. The lowest BCUT2D eigenvalue weighted by molar-refractivity contribution is -0.124. The van der Waals surface area contributed by atoms with Crippen LogP contribution in [-0.4, -0.2) is 30.0 Å². The number of carbonyl (C=O) groups is 1. The number of halogens is 1. The molecule has 1 aromatic heterocycles. The zero-order chi connectivity index (χ0) is 12.5. The van der Waals surface area contributed by atoms with Crippen molar-refractivity contribution in [2.75, 3.05) is 18.0 Å². The molecule has 2 aliphatic heterocycles. The minimum atomic E-state index is 0.214. The van der Waals surface area contributed by atoms with E-state index < -0.39 is 0 Å². The summed E-state index contributed by atoms with van der Waals surface area (Å²) in [6, 6.07) is 4.45. The van der Waals surface area contributed by atoms with Crippen molar-refractivity contribution in [3.05, 3.63) is 22.8 Å². The molecule has 5 heteroatoms. The Morgan fingerprint density at radius 1 is 1.39 bits per heavy atom. The fourth-order valence-corrected chi connectivity index (χ4v) is 3.11. The third-order valence-electron chi connectivity index (χ3n) is 3.86. The molecule has 1 aromatic rings. The van der Waals surface area contributed by atoms with Crippen LogP contribution in [0.3, 0.4) is 0 Å². The molecule has 2 aliphatic rings. The van der Waals surface area contributed by atoms with E-state index in [4.69, 9.17) is 0 Å². The highest BCUT2D eigenvalue weighted by atomic mass is 79.9. The van der Waals surface area contributed by atoms with Crippen LogP contribution in [0.15, 0.2) is 22.8 Å². The van der Waals surface area contributed by atoms with Gasteiger partial charge in [-0.15, -0.1) is 0 Å². The molecule has 18 heavy (non-hydrogen) atoms. The van der Waals surface area contributed by atoms with Crippen molar-refractivity contribution in [2.45, 2.75) is 25.3 Å². The van der Waals surface area contributed by atoms with Gasteiger partial charge in [0.25, 0.3) is 0 Å². The van der Waals surface area contributed by atoms with Gasteiger partial charge in [0.05, 0.1) is 0 Å². The largest absolute Gasteiger partial charge is 0.356 e. The van der Waals surface area contributed by atoms with Gasteiger partial charge < -0.3 is 10.2 Å². The molecule has 3 rings (SSSR count). The Morgan fingerprint density at radius 2 is 2.28 bits per heavy atom. The molecular weight excluding hydrogens is 294 g/mol. The maximum absolute atomic E-state index is 11.4. The minimum Gasteiger partial charge on any atom is -0.356 e. The predicted molar refractivity (Wildman–Crippen MR) is 73.4 cm³/mol. The molecule has 0 aliphatic carbocycles. The molecule has 0 radical (unpaired) electrons. The van der Waals surface area contributed by atoms with Crippen molar-refractivity contribution in [1.29, 1.82) is 0 Å². The lowest BCUT2D eigenvalue weighted by Crippen LogP contribution is -2.54. The van der Waals surface area contributed by atoms with Crippen LogP contribution in [0, 0.1) is 5.92 Å². The number of nitrogens with zero attached hydrogens (tertiary/aromatic N) is 2. The van der Waals surface area contributed by atoms with Crippen LogP contribution >= 0.6 is 15.9 Å². The van der Waals surface area contributed by atoms with Gasteiger partial charge in [0.2, 0.25) is 5.91 Å². The van der Waals surface area contributed by atoms with Crippen molar-refractivity contribution in [2.24, 2.45) is 5.92 Å². The number of rotatable bonds is 1. The van der Waals surface area contributed by atoms with Gasteiger partial charge >= 0.3 is 0 Å². The lowest BCUT2D eigenvalue weighted by atomic mass is 9.85. The quantitative estimate of drug-likeness (QED) is 0.862. The SMILES string of the molecule is O=C1CCC2CN(c3ccc(Br)cn3)CCC2N1. The van der Waals surface area contributed by atoms with Gasteiger partial charge in [-0.25, -0.2) is 4.98 Å². The highest BCUT2D eigenvalue weighted by Crippen LogP contribution is 2.28. The zero-order valence-corrected chi connectivity index (χ0v) is 11.7. The van der Waals surface area contributed by atoms with Crippen LogP contribution in [-0.2, 0) is 4.79 Å². The van der Waals surface area contributed by atoms with Crippen molar-refractivity contribution >= 4 is 27.7 Å². The number of hydrogen-bond acceptors (Lipinski definition) is 3. The minimum absolute atomic E-state index is 0.214. The average Bonchev–Trinajstić information content (AvgIpc) is 2.39. The first kappa shape index (κ1) is 12.0. The third-order valence-corrected chi connectivity index (χ3v) is 4.33. The van der Waals surface area contributed by atoms with Gasteiger partial charge in [-0.05, 0) is 46.8 Å². The molecule has 96 valence electrons. The van der Waals surface area contributed by atoms with Crippen LogP contribution in [0.4, 0.5) is 5.82 Å². The zero-order valence-electron chi connectivity index (χ0n) is 10.1. The van der Waals surface area contributed by atoms with Crippen LogP contribution in [0.25, 0.3) is 0 Å². The Hall–Kier alpha value is -1.10. The first-order chi connectivity index (χ1) is 8.72. The molecular formula is C13H16BrN3O. The Morgan fingerprint density at radius 3 is 3.06 bits per heavy atom. The monoisotopic (exact) mass is 309 g/mol. The second-order valence-electron chi connectivity index (χ2n) is 5.04. The van der Waals surface area contributed by atoms with E-state index in [1.807, 2.05) is 18.3 Å². The van der Waals surface area contributed by atoms with E-state index >= 15 is 0 Å². The van der Waals surface area contributed by atoms with Crippen LogP contribution < -0.4 is 10.2 Å². The molecule has 1 N–H and O–H groups in total. The fourth-order valence-electron chi connectivity index (χ4n) is 2.87. The number of carbonyl (C=O) groups excluding carboxylic acids is 1. The number of anilines is 1. The summed E-state index contributed by atoms with van der Waals surface area (Å²) in [5, 5.41) is 3.11. The van der Waals surface area contributed by atoms with Gasteiger partial charge in [0, 0.05) is 36.2 Å². The number of piperidine rings is 2. The fraction of sp³-hybridized carbons (Fsp3) is 0.538. The Bertz CT molecular complexity index is 448. The smallest absolute Gasteiger partial charge is 0.220 e. The normalized spacial score (nSPS) is 27.6. The molecule has 2 saturated heterocycles. The van der Waals surface area contributed by atoms with Crippen LogP contribution in [0.1, 0.15) is 19.3 Å². The van der Waals surface area contributed by atoms with E-state index in [0.717, 1.165) is 36.2 Å². The molecule has 0 aromatic carbocycles. The van der Waals surface area contributed by atoms with Gasteiger partial charge in [0.1, 0.15) is 5.82 Å². The Balaban J connectivity index is 1.70. The summed E-state index contributed by atoms with van der Waals surface area (Å²) >= 11 is 3.40. The first-order valence-electron chi connectivity index (χ1n) is 6.38. The molecule has 4 nitrogen and oxygen atoms in total. The van der Waals surface area contributed by atoms with E-state index in [0.29, 0.717) is 18.4 Å². The van der Waals surface area contributed by atoms with Gasteiger partial charge in [-0.3, -0.25) is 4.79 Å². The van der Waals surface area contributed by atoms with Gasteiger partial charge in [-0.1, -0.05) is 0 Å². The van der Waals surface area contributed by atoms with Crippen molar-refractivity contribution in [3.63, 3.8) is 0 Å². The summed E-state index contributed by atoms with van der Waals surface area (Å²) in [4.78, 5) is 18.1. The molecule has 2 fully saturated rings. The number of pyridine rings is 1. The topological polar surface area (TPSA) is 45.2 Å². The summed E-state index contributed by atoms with van der Waals surface area (Å²) in [7, 11) is 0. The van der Waals surface area contributed by atoms with Crippen LogP contribution in [0.5, 0.6) is 0 Å². The van der Waals surface area contributed by atoms with Crippen LogP contribution in [0.2, 0.25) is 0 Å². The molecule has 2 atom stereocenters. The maximum Gasteiger partial charge on any atom is 0.220 e. The average molecular weight is 310 g/mol. The van der Waals surface area contributed by atoms with E-state index in [1.54, 1.807) is 0 Å². The van der Waals surface area contributed by atoms with Crippen molar-refractivity contribution < 1.29 is 4.79 Å². The summed E-state index contributed by atoms with van der Waals surface area (Å²) in [6.07, 6.45) is 4.53. The second-order valence-corrected chi connectivity index (χ2v) is 5.96. The van der Waals surface area contributed by atoms with E-state index in [-0.39, 0.29) is 5.91 Å². The van der Waals surface area contributed by atoms with Gasteiger partial charge in [-0.2, -0.15) is 0 Å². The Labute approximate surface area is 115 Å². The first-order valence-corrected chi connectivity index (χ1v) is 7.17. The molecule has 1 amide bonds. The number of nitrogens with one attached hydrogen (secondary N) is 1. The maximum atomic E-state index is 11.4. The number of hydrogen-bond donors (Lipinski definition) is 1. The van der Waals surface area contributed by atoms with E-state index in [2.05, 4.69) is 31.1 Å². The molecule has 2 unspecified atom stereocenters. The van der Waals surface area contributed by atoms with Crippen molar-refractivity contribution in [1.82, 2.24) is 10.3 Å². The predicted octanol–water partition coefficient (Wildman–Crippen LogP) is 1.95. The summed E-state index contributed by atoms with van der Waals surface area (Å²) in [5.41, 5.74) is 0. The molecule has 3 heterocycles. The van der Waals surface area contributed by atoms with E-state index in [1.165, 1.54) is 0 Å².